The minimum Gasteiger partial charge on any atom is -0.478 e. The Morgan fingerprint density at radius 3 is 2.78 bits per heavy atom. The number of aromatic carboxylic acids is 1. The lowest BCUT2D eigenvalue weighted by Gasteiger charge is -2.08. The van der Waals surface area contributed by atoms with Gasteiger partial charge in [0.25, 0.3) is 5.91 Å². The van der Waals surface area contributed by atoms with Crippen LogP contribution in [0.1, 0.15) is 20.8 Å². The fraction of sp³-hybridized carbons (Fsp3) is 0. The molecule has 0 aliphatic heterocycles. The molecule has 1 aromatic heterocycles. The first-order valence-corrected chi connectivity index (χ1v) is 5.81. The first-order chi connectivity index (χ1) is 8.59. The van der Waals surface area contributed by atoms with Crippen LogP contribution in [-0.2, 0) is 0 Å². The SMILES string of the molecule is O=C(Nc1c(Cl)cccc1C(=O)O)c1cnsn1. The number of carboxylic acids is 1. The summed E-state index contributed by atoms with van der Waals surface area (Å²) in [6.45, 7) is 0. The van der Waals surface area contributed by atoms with Crippen LogP contribution in [0.5, 0.6) is 0 Å². The molecule has 2 N–H and O–H groups in total. The Balaban J connectivity index is 2.34. The Morgan fingerprint density at radius 2 is 2.17 bits per heavy atom. The molecule has 0 saturated carbocycles. The smallest absolute Gasteiger partial charge is 0.337 e. The normalized spacial score (nSPS) is 10.1. The second-order valence-corrected chi connectivity index (χ2v) is 4.18. The third-order valence-corrected chi connectivity index (χ3v) is 2.87. The molecular weight excluding hydrogens is 278 g/mol. The van der Waals surface area contributed by atoms with E-state index < -0.39 is 11.9 Å². The van der Waals surface area contributed by atoms with Crippen molar-refractivity contribution in [1.82, 2.24) is 8.75 Å². The van der Waals surface area contributed by atoms with Gasteiger partial charge in [-0.2, -0.15) is 8.75 Å². The van der Waals surface area contributed by atoms with E-state index in [-0.39, 0.29) is 22.0 Å². The van der Waals surface area contributed by atoms with Crippen molar-refractivity contribution in [2.45, 2.75) is 0 Å². The lowest BCUT2D eigenvalue weighted by molar-refractivity contribution is 0.0698. The number of nitrogens with zero attached hydrogens (tertiary/aromatic N) is 2. The summed E-state index contributed by atoms with van der Waals surface area (Å²) in [5, 5.41) is 11.6. The van der Waals surface area contributed by atoms with Crippen LogP contribution < -0.4 is 5.32 Å². The fourth-order valence-corrected chi connectivity index (χ4v) is 1.91. The predicted molar refractivity (Wildman–Crippen MR) is 66.3 cm³/mol. The summed E-state index contributed by atoms with van der Waals surface area (Å²) in [5.74, 6) is -1.73. The van der Waals surface area contributed by atoms with Gasteiger partial charge in [-0.25, -0.2) is 4.79 Å². The van der Waals surface area contributed by atoms with E-state index in [1.54, 1.807) is 0 Å². The van der Waals surface area contributed by atoms with Crippen molar-refractivity contribution < 1.29 is 14.7 Å². The number of rotatable bonds is 3. The maximum atomic E-state index is 11.7. The molecule has 92 valence electrons. The van der Waals surface area contributed by atoms with E-state index in [0.717, 1.165) is 11.7 Å². The van der Waals surface area contributed by atoms with E-state index in [9.17, 15) is 9.59 Å². The number of anilines is 1. The molecule has 2 aromatic rings. The van der Waals surface area contributed by atoms with Gasteiger partial charge >= 0.3 is 5.97 Å². The van der Waals surface area contributed by atoms with Gasteiger partial charge in [0, 0.05) is 0 Å². The van der Waals surface area contributed by atoms with Gasteiger partial charge in [-0.15, -0.1) is 0 Å². The van der Waals surface area contributed by atoms with Gasteiger partial charge in [-0.05, 0) is 12.1 Å². The number of nitrogens with one attached hydrogen (secondary N) is 1. The van der Waals surface area contributed by atoms with E-state index in [1.807, 2.05) is 0 Å². The minimum atomic E-state index is -1.18. The van der Waals surface area contributed by atoms with Crippen molar-refractivity contribution in [3.63, 3.8) is 0 Å². The van der Waals surface area contributed by atoms with Crippen LogP contribution in [0, 0.1) is 0 Å². The first-order valence-electron chi connectivity index (χ1n) is 4.70. The average Bonchev–Trinajstić information content (AvgIpc) is 2.85. The van der Waals surface area contributed by atoms with Crippen LogP contribution in [-0.4, -0.2) is 25.7 Å². The van der Waals surface area contributed by atoms with Gasteiger partial charge in [0.2, 0.25) is 0 Å². The van der Waals surface area contributed by atoms with Crippen LogP contribution in [0.15, 0.2) is 24.4 Å². The number of para-hydroxylation sites is 1. The molecule has 1 amide bonds. The maximum absolute atomic E-state index is 11.7. The number of aromatic nitrogens is 2. The van der Waals surface area contributed by atoms with Gasteiger partial charge < -0.3 is 10.4 Å². The summed E-state index contributed by atoms with van der Waals surface area (Å²) in [6.07, 6.45) is 1.29. The average molecular weight is 284 g/mol. The lowest BCUT2D eigenvalue weighted by Crippen LogP contribution is -2.15. The van der Waals surface area contributed by atoms with E-state index in [4.69, 9.17) is 16.7 Å². The molecule has 0 radical (unpaired) electrons. The van der Waals surface area contributed by atoms with Crippen molar-refractivity contribution in [1.29, 1.82) is 0 Å². The van der Waals surface area contributed by atoms with E-state index >= 15 is 0 Å². The molecule has 2 rings (SSSR count). The summed E-state index contributed by atoms with van der Waals surface area (Å²) in [7, 11) is 0. The number of carboxylic acid groups (broad SMARTS) is 1. The zero-order chi connectivity index (χ0) is 13.1. The summed E-state index contributed by atoms with van der Waals surface area (Å²) in [5.41, 5.74) is 0.0694. The standard InChI is InChI=1S/C10H6ClN3O3S/c11-6-3-1-2-5(10(16)17)8(6)13-9(15)7-4-12-18-14-7/h1-4H,(H,13,15)(H,16,17). The van der Waals surface area contributed by atoms with Crippen molar-refractivity contribution in [2.75, 3.05) is 5.32 Å². The second-order valence-electron chi connectivity index (χ2n) is 3.21. The third kappa shape index (κ3) is 2.47. The highest BCUT2D eigenvalue weighted by atomic mass is 35.5. The lowest BCUT2D eigenvalue weighted by atomic mass is 10.1. The Labute approximate surface area is 111 Å². The summed E-state index contributed by atoms with van der Waals surface area (Å²) in [6, 6.07) is 4.33. The molecule has 0 saturated heterocycles. The Hall–Kier alpha value is -1.99. The number of carbonyl (C=O) groups excluding carboxylic acids is 1. The predicted octanol–water partition coefficient (Wildman–Crippen LogP) is 2.14. The number of hydrogen-bond donors (Lipinski definition) is 2. The molecule has 1 aromatic carbocycles. The molecule has 0 aliphatic rings. The number of amides is 1. The zero-order valence-electron chi connectivity index (χ0n) is 8.75. The molecule has 6 nitrogen and oxygen atoms in total. The molecular formula is C10H6ClN3O3S. The Kier molecular flexibility index (Phi) is 3.54. The molecule has 0 spiro atoms. The van der Waals surface area contributed by atoms with Crippen molar-refractivity contribution >= 4 is 40.9 Å². The van der Waals surface area contributed by atoms with E-state index in [1.165, 1.54) is 24.4 Å². The van der Waals surface area contributed by atoms with Crippen LogP contribution in [0.25, 0.3) is 0 Å². The number of hydrogen-bond acceptors (Lipinski definition) is 5. The highest BCUT2D eigenvalue weighted by molar-refractivity contribution is 6.99. The maximum Gasteiger partial charge on any atom is 0.337 e. The highest BCUT2D eigenvalue weighted by Gasteiger charge is 2.17. The topological polar surface area (TPSA) is 92.2 Å². The van der Waals surface area contributed by atoms with Crippen molar-refractivity contribution in [3.05, 3.63) is 40.7 Å². The largest absolute Gasteiger partial charge is 0.478 e. The van der Waals surface area contributed by atoms with Crippen molar-refractivity contribution in [3.8, 4) is 0 Å². The monoisotopic (exact) mass is 283 g/mol. The molecule has 8 heteroatoms. The molecule has 0 fully saturated rings. The van der Waals surface area contributed by atoms with Crippen LogP contribution >= 0.6 is 23.3 Å². The van der Waals surface area contributed by atoms with Crippen molar-refractivity contribution in [2.24, 2.45) is 0 Å². The van der Waals surface area contributed by atoms with Gasteiger partial charge in [0.15, 0.2) is 5.69 Å². The Bertz CT molecular complexity index is 600. The van der Waals surface area contributed by atoms with Crippen LogP contribution in [0.2, 0.25) is 5.02 Å². The minimum absolute atomic E-state index is 0.0460. The number of carbonyl (C=O) groups is 2. The van der Waals surface area contributed by atoms with E-state index in [2.05, 4.69) is 14.1 Å². The van der Waals surface area contributed by atoms with Crippen LogP contribution in [0.4, 0.5) is 5.69 Å². The van der Waals surface area contributed by atoms with Gasteiger partial charge in [-0.1, -0.05) is 17.7 Å². The summed E-state index contributed by atoms with van der Waals surface area (Å²) >= 11 is 6.75. The number of benzene rings is 1. The zero-order valence-corrected chi connectivity index (χ0v) is 10.3. The van der Waals surface area contributed by atoms with E-state index in [0.29, 0.717) is 0 Å². The highest BCUT2D eigenvalue weighted by Crippen LogP contribution is 2.26. The molecule has 0 atom stereocenters. The first kappa shape index (κ1) is 12.5. The Morgan fingerprint density at radius 1 is 1.39 bits per heavy atom. The fourth-order valence-electron chi connectivity index (χ4n) is 1.27. The van der Waals surface area contributed by atoms with Gasteiger partial charge in [0.05, 0.1) is 34.2 Å². The molecule has 0 unspecified atom stereocenters. The molecule has 0 bridgehead atoms. The van der Waals surface area contributed by atoms with Crippen LogP contribution in [0.3, 0.4) is 0 Å². The van der Waals surface area contributed by atoms with Gasteiger partial charge in [0.1, 0.15) is 0 Å². The van der Waals surface area contributed by atoms with Gasteiger partial charge in [-0.3, -0.25) is 4.79 Å². The quantitative estimate of drug-likeness (QED) is 0.900. The molecule has 1 heterocycles. The molecule has 18 heavy (non-hydrogen) atoms. The summed E-state index contributed by atoms with van der Waals surface area (Å²) < 4.78 is 7.43. The second kappa shape index (κ2) is 5.11. The molecule has 0 aliphatic carbocycles. The number of halogens is 1. The third-order valence-electron chi connectivity index (χ3n) is 2.08. The summed E-state index contributed by atoms with van der Waals surface area (Å²) in [4.78, 5) is 22.7.